The lowest BCUT2D eigenvalue weighted by Gasteiger charge is -2.08. The van der Waals surface area contributed by atoms with Crippen molar-refractivity contribution >= 4 is 25.8 Å². The van der Waals surface area contributed by atoms with Crippen LogP contribution in [0.1, 0.15) is 15.9 Å². The number of rotatable bonds is 6. The lowest BCUT2D eigenvalue weighted by Crippen LogP contribution is -2.24. The number of sulfonamides is 1. The van der Waals surface area contributed by atoms with Gasteiger partial charge < -0.3 is 5.32 Å². The number of hydrogen-bond donors (Lipinski definition) is 2. The molecular weight excluding hydrogens is 364 g/mol. The zero-order chi connectivity index (χ0) is 18.7. The van der Waals surface area contributed by atoms with E-state index >= 15 is 0 Å². The average Bonchev–Trinajstić information content (AvgIpc) is 2.59. The Morgan fingerprint density at radius 2 is 1.60 bits per heavy atom. The highest BCUT2D eigenvalue weighted by atomic mass is 32.2. The lowest BCUT2D eigenvalue weighted by molar-refractivity contribution is 0.0950. The number of carbonyl (C=O) groups is 1. The topological polar surface area (TPSA) is 109 Å². The Morgan fingerprint density at radius 1 is 0.960 bits per heavy atom. The molecule has 0 aliphatic heterocycles. The summed E-state index contributed by atoms with van der Waals surface area (Å²) in [6.07, 6.45) is 1.11. The Bertz CT molecular complexity index is 999. The van der Waals surface area contributed by atoms with E-state index in [0.717, 1.165) is 6.26 Å². The van der Waals surface area contributed by atoms with Gasteiger partial charge in [-0.3, -0.25) is 4.79 Å². The molecule has 7 nitrogen and oxygen atoms in total. The Labute approximate surface area is 147 Å². The van der Waals surface area contributed by atoms with Gasteiger partial charge in [-0.05, 0) is 42.9 Å². The minimum absolute atomic E-state index is 0.0123. The summed E-state index contributed by atoms with van der Waals surface area (Å²) in [5.74, 6) is -0.460. The SMILES string of the molecule is CNS(=O)(=O)c1cccc(C(=O)NCc2cccc(S(C)(=O)=O)c2)c1. The summed E-state index contributed by atoms with van der Waals surface area (Å²) < 4.78 is 48.9. The zero-order valence-electron chi connectivity index (χ0n) is 13.7. The van der Waals surface area contributed by atoms with Crippen molar-refractivity contribution in [1.82, 2.24) is 10.0 Å². The molecule has 0 saturated heterocycles. The second-order valence-electron chi connectivity index (χ2n) is 5.34. The van der Waals surface area contributed by atoms with Crippen LogP contribution in [0.15, 0.2) is 58.3 Å². The first-order valence-electron chi connectivity index (χ1n) is 7.24. The molecule has 0 aliphatic rings. The number of amides is 1. The van der Waals surface area contributed by atoms with Crippen LogP contribution in [-0.2, 0) is 26.4 Å². The summed E-state index contributed by atoms with van der Waals surface area (Å²) in [5.41, 5.74) is 0.811. The van der Waals surface area contributed by atoms with E-state index in [1.807, 2.05) is 0 Å². The van der Waals surface area contributed by atoms with Crippen molar-refractivity contribution in [3.05, 3.63) is 59.7 Å². The van der Waals surface area contributed by atoms with Crippen molar-refractivity contribution in [3.8, 4) is 0 Å². The van der Waals surface area contributed by atoms with Gasteiger partial charge in [0.1, 0.15) is 0 Å². The highest BCUT2D eigenvalue weighted by Crippen LogP contribution is 2.13. The van der Waals surface area contributed by atoms with E-state index in [1.165, 1.54) is 43.4 Å². The van der Waals surface area contributed by atoms with Gasteiger partial charge in [0.2, 0.25) is 10.0 Å². The molecule has 0 bridgehead atoms. The first kappa shape index (κ1) is 19.1. The van der Waals surface area contributed by atoms with E-state index in [0.29, 0.717) is 5.56 Å². The maximum absolute atomic E-state index is 12.2. The second-order valence-corrected chi connectivity index (χ2v) is 9.24. The standard InChI is InChI=1S/C16H18N2O5S2/c1-17-25(22,23)15-8-4-6-13(10-15)16(19)18-11-12-5-3-7-14(9-12)24(2,20)21/h3-10,17H,11H2,1-2H3,(H,18,19). The first-order chi connectivity index (χ1) is 11.6. The van der Waals surface area contributed by atoms with E-state index < -0.39 is 25.8 Å². The summed E-state index contributed by atoms with van der Waals surface area (Å²) in [6, 6.07) is 11.9. The molecule has 0 heterocycles. The van der Waals surface area contributed by atoms with Crippen LogP contribution in [0, 0.1) is 0 Å². The molecule has 0 aliphatic carbocycles. The van der Waals surface area contributed by atoms with Crippen molar-refractivity contribution < 1.29 is 21.6 Å². The van der Waals surface area contributed by atoms with Crippen LogP contribution in [0.25, 0.3) is 0 Å². The van der Waals surface area contributed by atoms with Gasteiger partial charge in [-0.25, -0.2) is 21.6 Å². The van der Waals surface area contributed by atoms with E-state index in [9.17, 15) is 21.6 Å². The summed E-state index contributed by atoms with van der Waals surface area (Å²) in [7, 11) is -5.68. The van der Waals surface area contributed by atoms with Crippen molar-refractivity contribution in [2.24, 2.45) is 0 Å². The van der Waals surface area contributed by atoms with Gasteiger partial charge >= 0.3 is 0 Å². The minimum atomic E-state index is -3.64. The number of benzene rings is 2. The molecule has 2 N–H and O–H groups in total. The lowest BCUT2D eigenvalue weighted by atomic mass is 10.2. The van der Waals surface area contributed by atoms with Gasteiger partial charge in [0, 0.05) is 18.4 Å². The smallest absolute Gasteiger partial charge is 0.251 e. The molecule has 0 unspecified atom stereocenters. The molecule has 0 spiro atoms. The predicted octanol–water partition coefficient (Wildman–Crippen LogP) is 0.928. The quantitative estimate of drug-likeness (QED) is 0.772. The summed E-state index contributed by atoms with van der Waals surface area (Å²) in [4.78, 5) is 12.4. The molecule has 25 heavy (non-hydrogen) atoms. The molecule has 2 aromatic carbocycles. The Kier molecular flexibility index (Phi) is 5.61. The first-order valence-corrected chi connectivity index (χ1v) is 10.6. The number of carbonyl (C=O) groups excluding carboxylic acids is 1. The van der Waals surface area contributed by atoms with Crippen LogP contribution in [-0.4, -0.2) is 36.0 Å². The highest BCUT2D eigenvalue weighted by Gasteiger charge is 2.14. The molecule has 0 saturated carbocycles. The Hall–Kier alpha value is -2.23. The molecular formula is C16H18N2O5S2. The Morgan fingerprint density at radius 3 is 2.24 bits per heavy atom. The third kappa shape index (κ3) is 4.88. The fraction of sp³-hybridized carbons (Fsp3) is 0.188. The highest BCUT2D eigenvalue weighted by molar-refractivity contribution is 7.90. The van der Waals surface area contributed by atoms with E-state index in [2.05, 4.69) is 10.0 Å². The predicted molar refractivity (Wildman–Crippen MR) is 93.4 cm³/mol. The largest absolute Gasteiger partial charge is 0.348 e. The van der Waals surface area contributed by atoms with Crippen LogP contribution in [0.2, 0.25) is 0 Å². The monoisotopic (exact) mass is 382 g/mol. The normalized spacial score (nSPS) is 11.9. The Balaban J connectivity index is 2.15. The van der Waals surface area contributed by atoms with Crippen molar-refractivity contribution in [2.75, 3.05) is 13.3 Å². The van der Waals surface area contributed by atoms with E-state index in [-0.39, 0.29) is 21.9 Å². The summed E-state index contributed by atoms with van der Waals surface area (Å²) in [5, 5.41) is 2.64. The second kappa shape index (κ2) is 7.34. The van der Waals surface area contributed by atoms with Crippen LogP contribution >= 0.6 is 0 Å². The fourth-order valence-electron chi connectivity index (χ4n) is 2.09. The summed E-state index contributed by atoms with van der Waals surface area (Å²) in [6.45, 7) is 0.116. The average molecular weight is 382 g/mol. The van der Waals surface area contributed by atoms with Gasteiger partial charge in [-0.2, -0.15) is 0 Å². The van der Waals surface area contributed by atoms with Gasteiger partial charge in [0.05, 0.1) is 9.79 Å². The van der Waals surface area contributed by atoms with E-state index in [4.69, 9.17) is 0 Å². The van der Waals surface area contributed by atoms with Crippen molar-refractivity contribution in [2.45, 2.75) is 16.3 Å². The molecule has 2 rings (SSSR count). The van der Waals surface area contributed by atoms with Crippen molar-refractivity contribution in [3.63, 3.8) is 0 Å². The van der Waals surface area contributed by atoms with E-state index in [1.54, 1.807) is 12.1 Å². The minimum Gasteiger partial charge on any atom is -0.348 e. The third-order valence-corrected chi connectivity index (χ3v) is 5.98. The van der Waals surface area contributed by atoms with Gasteiger partial charge in [-0.1, -0.05) is 18.2 Å². The molecule has 0 atom stereocenters. The molecule has 9 heteroatoms. The molecule has 134 valence electrons. The van der Waals surface area contributed by atoms with Crippen LogP contribution < -0.4 is 10.0 Å². The van der Waals surface area contributed by atoms with Crippen LogP contribution in [0.3, 0.4) is 0 Å². The van der Waals surface area contributed by atoms with Gasteiger partial charge in [0.25, 0.3) is 5.91 Å². The number of hydrogen-bond acceptors (Lipinski definition) is 5. The summed E-state index contributed by atoms with van der Waals surface area (Å²) >= 11 is 0. The zero-order valence-corrected chi connectivity index (χ0v) is 15.3. The van der Waals surface area contributed by atoms with Crippen LogP contribution in [0.4, 0.5) is 0 Å². The third-order valence-electron chi connectivity index (χ3n) is 3.45. The number of nitrogens with one attached hydrogen (secondary N) is 2. The van der Waals surface area contributed by atoms with Gasteiger partial charge in [0.15, 0.2) is 9.84 Å². The molecule has 1 amide bonds. The fourth-order valence-corrected chi connectivity index (χ4v) is 3.56. The maximum atomic E-state index is 12.2. The molecule has 0 radical (unpaired) electrons. The molecule has 0 fully saturated rings. The van der Waals surface area contributed by atoms with Gasteiger partial charge in [-0.15, -0.1) is 0 Å². The number of sulfone groups is 1. The molecule has 0 aromatic heterocycles. The van der Waals surface area contributed by atoms with Crippen LogP contribution in [0.5, 0.6) is 0 Å². The maximum Gasteiger partial charge on any atom is 0.251 e. The van der Waals surface area contributed by atoms with Crippen molar-refractivity contribution in [1.29, 1.82) is 0 Å². The molecule has 2 aromatic rings.